The van der Waals surface area contributed by atoms with Crippen molar-refractivity contribution in [2.75, 3.05) is 0 Å². The standard InChI is InChI=1S/C56H48N2Si/c1-55(2)34-35-56(3,4)50-38-44(29-31-49(50)55)59(41-20-10-6-11-21-41,42-22-12-7-13-23-42)43-30-33-54-48(37-43)46-25-15-17-27-52(46)58(54)40-28-32-53-47(36-40)45-24-14-16-26-51(45)57(53)39-18-8-5-9-19-39/h5-33,36-38H,34-35H2,1-4H3/i5D,6D,7D,8D,9D,10D,11D,12D,13D,14D,15D,16D,17D,18D,19D,20D,21D,22D,23D,24D,25D,26D,27D,28D,30D,32D,33D,36D,37D. The molecule has 0 aliphatic heterocycles. The highest BCUT2D eigenvalue weighted by molar-refractivity contribution is 7.20. The molecule has 10 aromatic rings. The van der Waals surface area contributed by atoms with Crippen molar-refractivity contribution in [3.8, 4) is 11.4 Å². The third kappa shape index (κ3) is 5.37. The highest BCUT2D eigenvalue weighted by atomic mass is 28.3. The maximum absolute atomic E-state index is 10.8. The van der Waals surface area contributed by atoms with Crippen molar-refractivity contribution in [3.63, 3.8) is 0 Å². The van der Waals surface area contributed by atoms with E-state index in [1.807, 2.05) is 27.7 Å². The molecule has 0 unspecified atom stereocenters. The molecular formula is C56H48N2Si. The Kier molecular flexibility index (Phi) is 3.76. The summed E-state index contributed by atoms with van der Waals surface area (Å²) < 4.78 is 273. The van der Waals surface area contributed by atoms with Crippen molar-refractivity contribution in [3.05, 3.63) is 205 Å². The van der Waals surface area contributed by atoms with Crippen molar-refractivity contribution in [1.82, 2.24) is 9.13 Å². The Hall–Kier alpha value is -6.42. The summed E-state index contributed by atoms with van der Waals surface area (Å²) in [5.74, 6) is 0. The number of hydrogen-bond donors (Lipinski definition) is 0. The Morgan fingerprint density at radius 1 is 0.407 bits per heavy atom. The molecule has 11 rings (SSSR count). The second kappa shape index (κ2) is 13.3. The molecule has 2 heterocycles. The van der Waals surface area contributed by atoms with Crippen LogP contribution in [0.25, 0.3) is 55.0 Å². The van der Waals surface area contributed by atoms with E-state index in [2.05, 4.69) is 0 Å². The molecule has 0 saturated heterocycles. The Bertz CT molecular complexity index is 4770. The number of aromatic nitrogens is 2. The average molecular weight is 806 g/mol. The normalized spacial score (nSPS) is 21.8. The molecule has 1 aliphatic carbocycles. The predicted octanol–water partition coefficient (Wildman–Crippen LogP) is 11.6. The molecule has 0 saturated carbocycles. The number of fused-ring (bicyclic) bond motifs is 7. The van der Waals surface area contributed by atoms with Gasteiger partial charge in [-0.15, -0.1) is 0 Å². The lowest BCUT2D eigenvalue weighted by molar-refractivity contribution is 0.332. The second-order valence-electron chi connectivity index (χ2n) is 15.8. The number of hydrogen-bond acceptors (Lipinski definition) is 0. The molecule has 0 bridgehead atoms. The van der Waals surface area contributed by atoms with Crippen LogP contribution in [-0.2, 0) is 10.8 Å². The van der Waals surface area contributed by atoms with E-state index in [0.717, 1.165) is 14.7 Å². The van der Waals surface area contributed by atoms with E-state index in [9.17, 15) is 19.2 Å². The van der Waals surface area contributed by atoms with Crippen LogP contribution in [-0.4, -0.2) is 17.2 Å². The molecule has 0 spiro atoms. The molecule has 59 heavy (non-hydrogen) atoms. The van der Waals surface area contributed by atoms with Gasteiger partial charge in [-0.25, -0.2) is 0 Å². The smallest absolute Gasteiger partial charge is 0.179 e. The Labute approximate surface area is 388 Å². The van der Waals surface area contributed by atoms with Crippen molar-refractivity contribution in [2.24, 2.45) is 0 Å². The summed E-state index contributed by atoms with van der Waals surface area (Å²) in [7, 11) is -5.78. The first kappa shape index (κ1) is 16.7. The van der Waals surface area contributed by atoms with Crippen molar-refractivity contribution in [1.29, 1.82) is 0 Å². The van der Waals surface area contributed by atoms with Gasteiger partial charge < -0.3 is 9.13 Å². The monoisotopic (exact) mass is 806 g/mol. The fraction of sp³-hybridized carbons (Fsp3) is 0.143. The summed E-state index contributed by atoms with van der Waals surface area (Å²) in [6, 6.07) is -23.0. The maximum Gasteiger partial charge on any atom is 0.179 e. The van der Waals surface area contributed by atoms with Crippen LogP contribution in [0.5, 0.6) is 0 Å². The van der Waals surface area contributed by atoms with Crippen molar-refractivity contribution >= 4 is 72.4 Å². The van der Waals surface area contributed by atoms with Gasteiger partial charge in [0.2, 0.25) is 0 Å². The number of rotatable bonds is 6. The summed E-state index contributed by atoms with van der Waals surface area (Å²) >= 11 is 0. The molecule has 0 fully saturated rings. The van der Waals surface area contributed by atoms with Crippen LogP contribution in [0, 0.1) is 0 Å². The highest BCUT2D eigenvalue weighted by Crippen LogP contribution is 2.45. The fourth-order valence-electron chi connectivity index (χ4n) is 8.63. The molecule has 0 N–H and O–H groups in total. The van der Waals surface area contributed by atoms with Gasteiger partial charge in [-0.2, -0.15) is 0 Å². The van der Waals surface area contributed by atoms with Crippen LogP contribution in [0.2, 0.25) is 0 Å². The Balaban J connectivity index is 1.45. The van der Waals surface area contributed by atoms with E-state index >= 15 is 0 Å². The summed E-state index contributed by atoms with van der Waals surface area (Å²) in [4.78, 5) is 0. The minimum absolute atomic E-state index is 0.0910. The molecule has 0 atom stereocenters. The highest BCUT2D eigenvalue weighted by Gasteiger charge is 2.44. The molecule has 8 aromatic carbocycles. The Morgan fingerprint density at radius 2 is 0.881 bits per heavy atom. The summed E-state index contributed by atoms with van der Waals surface area (Å²) in [6.07, 6.45) is 1.23. The van der Waals surface area contributed by atoms with E-state index in [1.165, 1.54) is 6.07 Å². The zero-order valence-corrected chi connectivity index (χ0v) is 33.0. The Morgan fingerprint density at radius 3 is 1.49 bits per heavy atom. The van der Waals surface area contributed by atoms with Gasteiger partial charge in [0.25, 0.3) is 0 Å². The zero-order chi connectivity index (χ0) is 65.2. The van der Waals surface area contributed by atoms with Gasteiger partial charge >= 0.3 is 0 Å². The van der Waals surface area contributed by atoms with Gasteiger partial charge in [0.1, 0.15) is 0 Å². The summed E-state index contributed by atoms with van der Waals surface area (Å²) in [5, 5.41) is -4.86. The fourth-order valence-corrected chi connectivity index (χ4v) is 12.5. The van der Waals surface area contributed by atoms with Gasteiger partial charge in [-0.3, -0.25) is 0 Å². The van der Waals surface area contributed by atoms with Crippen LogP contribution < -0.4 is 20.7 Å². The minimum atomic E-state index is -5.78. The SMILES string of the molecule is [2H]c1c([2H])c([2H])c(-n2c3c([2H])c([2H])c([2H])c([2H])c3c3c([2H])c(-n4c5c([2H])c([2H])c([2H])c([2H])c5c5c([2H])c([Si](c6ccc7c(c6)C(C)(C)CCC7(C)C)(c6c([2H])c([2H])c([2H])c([2H])c6[2H])c6c([2H])c([2H])c([2H])c([2H])c6[2H])c([2H])c([2H])c54)c([2H])c([2H])c32)c([2H])c1[2H]. The van der Waals surface area contributed by atoms with Crippen LogP contribution in [0.15, 0.2) is 193 Å². The van der Waals surface area contributed by atoms with Crippen LogP contribution in [0.4, 0.5) is 0 Å². The van der Waals surface area contributed by atoms with E-state index in [0.29, 0.717) is 18.4 Å². The zero-order valence-electron chi connectivity index (χ0n) is 61.0. The molecule has 0 amide bonds. The second-order valence-corrected chi connectivity index (χ2v) is 19.4. The maximum atomic E-state index is 10.8. The first-order chi connectivity index (χ1) is 40.8. The molecule has 2 nitrogen and oxygen atoms in total. The van der Waals surface area contributed by atoms with Crippen molar-refractivity contribution in [2.45, 2.75) is 51.4 Å². The molecule has 286 valence electrons. The summed E-state index contributed by atoms with van der Waals surface area (Å²) in [5.41, 5.74) is -4.25. The first-order valence-electron chi connectivity index (χ1n) is 33.3. The van der Waals surface area contributed by atoms with Crippen LogP contribution >= 0.6 is 0 Å². The van der Waals surface area contributed by atoms with Gasteiger partial charge in [0.05, 0.1) is 61.8 Å². The first-order valence-corrected chi connectivity index (χ1v) is 20.8. The molecular weight excluding hydrogens is 729 g/mol. The largest absolute Gasteiger partial charge is 0.309 e. The van der Waals surface area contributed by atoms with Gasteiger partial charge in [0.15, 0.2) is 8.07 Å². The minimum Gasteiger partial charge on any atom is -0.309 e. The lowest BCUT2D eigenvalue weighted by atomic mass is 9.63. The van der Waals surface area contributed by atoms with E-state index < -0.39 is 265 Å². The van der Waals surface area contributed by atoms with Gasteiger partial charge in [-0.05, 0) is 104 Å². The van der Waals surface area contributed by atoms with Crippen LogP contribution in [0.3, 0.4) is 0 Å². The van der Waals surface area contributed by atoms with E-state index in [4.69, 9.17) is 20.6 Å². The van der Waals surface area contributed by atoms with E-state index in [-0.39, 0.29) is 5.19 Å². The van der Waals surface area contributed by atoms with Gasteiger partial charge in [-0.1, -0.05) is 173 Å². The molecule has 0 radical (unpaired) electrons. The summed E-state index contributed by atoms with van der Waals surface area (Å²) in [6.45, 7) is 7.82. The quantitative estimate of drug-likeness (QED) is 0.117. The predicted molar refractivity (Wildman–Crippen MR) is 254 cm³/mol. The third-order valence-corrected chi connectivity index (χ3v) is 15.8. The third-order valence-electron chi connectivity index (χ3n) is 11.6. The lowest BCUT2D eigenvalue weighted by Gasteiger charge is -2.43. The van der Waals surface area contributed by atoms with Crippen molar-refractivity contribution < 1.29 is 39.8 Å². The number of benzene rings is 8. The average Bonchev–Trinajstić information content (AvgIpc) is 1.25. The van der Waals surface area contributed by atoms with E-state index in [1.54, 1.807) is 12.1 Å². The number of para-hydroxylation sites is 3. The lowest BCUT2D eigenvalue weighted by Crippen LogP contribution is -2.74. The molecule has 3 heteroatoms. The van der Waals surface area contributed by atoms with Gasteiger partial charge in [0, 0.05) is 32.9 Å². The number of nitrogens with zero attached hydrogens (tertiary/aromatic N) is 2. The topological polar surface area (TPSA) is 9.86 Å². The molecule has 2 aromatic heterocycles. The molecule has 1 aliphatic rings. The van der Waals surface area contributed by atoms with Crippen LogP contribution in [0.1, 0.15) is 91.4 Å².